The van der Waals surface area contributed by atoms with Crippen molar-refractivity contribution in [1.82, 2.24) is 15.5 Å². The molecule has 1 saturated carbocycles. The average Bonchev–Trinajstić information content (AvgIpc) is 2.92. The summed E-state index contributed by atoms with van der Waals surface area (Å²) in [6, 6.07) is 1.87. The lowest BCUT2D eigenvalue weighted by atomic mass is 9.96. The summed E-state index contributed by atoms with van der Waals surface area (Å²) in [4.78, 5) is 60.9. The van der Waals surface area contributed by atoms with Crippen LogP contribution in [0.2, 0.25) is 10.0 Å². The van der Waals surface area contributed by atoms with Crippen LogP contribution in [0.3, 0.4) is 0 Å². The molecule has 1 aliphatic carbocycles. The topological polar surface area (TPSA) is 122 Å². The number of imide groups is 2. The molecule has 160 valence electrons. The minimum atomic E-state index is -0.982. The molecule has 1 aromatic carbocycles. The normalized spacial score (nSPS) is 16.3. The third-order valence-corrected chi connectivity index (χ3v) is 5.58. The summed E-state index contributed by atoms with van der Waals surface area (Å²) in [5.74, 6) is -3.24. The van der Waals surface area contributed by atoms with Gasteiger partial charge in [-0.15, -0.1) is 0 Å². The number of urea groups is 1. The van der Waals surface area contributed by atoms with E-state index in [2.05, 4.69) is 10.6 Å². The number of carbonyl (C=O) groups excluding carboxylic acids is 5. The van der Waals surface area contributed by atoms with Gasteiger partial charge in [0.05, 0.1) is 21.2 Å². The molecule has 5 amide bonds. The predicted octanol–water partition coefficient (Wildman–Crippen LogP) is 2.29. The van der Waals surface area contributed by atoms with Gasteiger partial charge in [0, 0.05) is 6.04 Å². The Labute approximate surface area is 182 Å². The van der Waals surface area contributed by atoms with Gasteiger partial charge in [0.2, 0.25) is 0 Å². The Morgan fingerprint density at radius 1 is 1.00 bits per heavy atom. The van der Waals surface area contributed by atoms with Gasteiger partial charge in [-0.25, -0.2) is 4.79 Å². The van der Waals surface area contributed by atoms with Gasteiger partial charge in [0.25, 0.3) is 17.7 Å². The molecule has 30 heavy (non-hydrogen) atoms. The molecule has 1 aliphatic heterocycles. The van der Waals surface area contributed by atoms with E-state index in [9.17, 15) is 24.0 Å². The average molecular weight is 456 g/mol. The molecule has 1 fully saturated rings. The summed E-state index contributed by atoms with van der Waals surface area (Å²) in [6.07, 6.45) is 4.88. The number of carbonyl (C=O) groups is 5. The Bertz CT molecular complexity index is 873. The number of hydrogen-bond donors (Lipinski definition) is 2. The minimum Gasteiger partial charge on any atom is -0.454 e. The summed E-state index contributed by atoms with van der Waals surface area (Å²) in [7, 11) is 0. The maximum absolute atomic E-state index is 12.3. The first kappa shape index (κ1) is 22.0. The van der Waals surface area contributed by atoms with Gasteiger partial charge in [0.15, 0.2) is 6.61 Å². The number of benzene rings is 1. The molecule has 0 spiro atoms. The molecule has 0 saturated heterocycles. The van der Waals surface area contributed by atoms with Crippen molar-refractivity contribution in [1.29, 1.82) is 0 Å². The molecule has 2 N–H and O–H groups in total. The molecule has 0 radical (unpaired) electrons. The van der Waals surface area contributed by atoms with Crippen molar-refractivity contribution >= 4 is 52.9 Å². The van der Waals surface area contributed by atoms with Gasteiger partial charge in [-0.2, -0.15) is 0 Å². The fraction of sp³-hybridized carbons (Fsp3) is 0.421. The quantitative estimate of drug-likeness (QED) is 0.518. The zero-order valence-electron chi connectivity index (χ0n) is 15.8. The van der Waals surface area contributed by atoms with Crippen molar-refractivity contribution in [3.8, 4) is 0 Å². The van der Waals surface area contributed by atoms with Gasteiger partial charge in [-0.3, -0.25) is 29.4 Å². The van der Waals surface area contributed by atoms with Crippen molar-refractivity contribution in [2.75, 3.05) is 13.2 Å². The highest BCUT2D eigenvalue weighted by atomic mass is 35.5. The van der Waals surface area contributed by atoms with Crippen molar-refractivity contribution in [3.63, 3.8) is 0 Å². The monoisotopic (exact) mass is 455 g/mol. The van der Waals surface area contributed by atoms with E-state index < -0.39 is 42.9 Å². The van der Waals surface area contributed by atoms with E-state index in [-0.39, 0.29) is 27.2 Å². The number of esters is 1. The van der Waals surface area contributed by atoms with Crippen molar-refractivity contribution in [2.45, 2.75) is 38.1 Å². The van der Waals surface area contributed by atoms with Crippen LogP contribution in [0.5, 0.6) is 0 Å². The lowest BCUT2D eigenvalue weighted by molar-refractivity contribution is -0.148. The number of fused-ring (bicyclic) bond motifs is 1. The van der Waals surface area contributed by atoms with E-state index in [4.69, 9.17) is 27.9 Å². The van der Waals surface area contributed by atoms with Crippen LogP contribution in [-0.4, -0.2) is 53.8 Å². The smallest absolute Gasteiger partial charge is 0.326 e. The van der Waals surface area contributed by atoms with Crippen LogP contribution >= 0.6 is 23.2 Å². The van der Waals surface area contributed by atoms with Gasteiger partial charge < -0.3 is 10.1 Å². The number of nitrogens with one attached hydrogen (secondary N) is 2. The first-order chi connectivity index (χ1) is 14.3. The largest absolute Gasteiger partial charge is 0.454 e. The SMILES string of the molecule is O=C(COC(=O)CN1C(=O)c2cc(Cl)c(Cl)cc2C1=O)NC(=O)NC1CCCCC1. The summed E-state index contributed by atoms with van der Waals surface area (Å²) in [5.41, 5.74) is 0.0543. The Balaban J connectivity index is 1.46. The van der Waals surface area contributed by atoms with Crippen molar-refractivity contribution in [3.05, 3.63) is 33.3 Å². The number of rotatable bonds is 5. The molecule has 9 nitrogen and oxygen atoms in total. The zero-order valence-corrected chi connectivity index (χ0v) is 17.3. The fourth-order valence-corrected chi connectivity index (χ4v) is 3.71. The lowest BCUT2D eigenvalue weighted by Crippen LogP contribution is -2.46. The Morgan fingerprint density at radius 3 is 2.13 bits per heavy atom. The summed E-state index contributed by atoms with van der Waals surface area (Å²) in [5, 5.41) is 4.98. The predicted molar refractivity (Wildman–Crippen MR) is 106 cm³/mol. The summed E-state index contributed by atoms with van der Waals surface area (Å²) < 4.78 is 4.77. The van der Waals surface area contributed by atoms with Gasteiger partial charge in [-0.1, -0.05) is 42.5 Å². The molecule has 0 bridgehead atoms. The van der Waals surface area contributed by atoms with Gasteiger partial charge in [-0.05, 0) is 25.0 Å². The maximum atomic E-state index is 12.3. The van der Waals surface area contributed by atoms with Crippen LogP contribution in [0.4, 0.5) is 4.79 Å². The second-order valence-electron chi connectivity index (χ2n) is 7.03. The highest BCUT2D eigenvalue weighted by Gasteiger charge is 2.37. The van der Waals surface area contributed by atoms with Gasteiger partial charge >= 0.3 is 12.0 Å². The molecule has 11 heteroatoms. The van der Waals surface area contributed by atoms with Crippen molar-refractivity contribution in [2.24, 2.45) is 0 Å². The van der Waals surface area contributed by atoms with Crippen LogP contribution in [0.15, 0.2) is 12.1 Å². The van der Waals surface area contributed by atoms with Gasteiger partial charge in [0.1, 0.15) is 6.54 Å². The molecular weight excluding hydrogens is 437 g/mol. The zero-order chi connectivity index (χ0) is 21.8. The fourth-order valence-electron chi connectivity index (χ4n) is 3.38. The number of halogens is 2. The van der Waals surface area contributed by atoms with Crippen molar-refractivity contribution < 1.29 is 28.7 Å². The van der Waals surface area contributed by atoms with E-state index in [0.29, 0.717) is 4.90 Å². The van der Waals surface area contributed by atoms with E-state index in [0.717, 1.165) is 32.1 Å². The Hall–Kier alpha value is -2.65. The first-order valence-electron chi connectivity index (χ1n) is 9.37. The summed E-state index contributed by atoms with van der Waals surface area (Å²) in [6.45, 7) is -1.42. The second-order valence-corrected chi connectivity index (χ2v) is 7.84. The van der Waals surface area contributed by atoms with Crippen LogP contribution < -0.4 is 10.6 Å². The summed E-state index contributed by atoms with van der Waals surface area (Å²) >= 11 is 11.7. The van der Waals surface area contributed by atoms with E-state index >= 15 is 0 Å². The molecule has 1 aromatic rings. The standard InChI is InChI=1S/C19H19Cl2N3O6/c20-13-6-11-12(7-14(13)21)18(28)24(17(11)27)8-16(26)30-9-15(25)23-19(29)22-10-4-2-1-3-5-10/h6-7,10H,1-5,8-9H2,(H2,22,23,25,29). The van der Waals surface area contributed by atoms with Crippen LogP contribution in [0.1, 0.15) is 52.8 Å². The molecule has 0 atom stereocenters. The molecule has 2 aliphatic rings. The molecular formula is C19H19Cl2N3O6. The minimum absolute atomic E-state index is 0.0185. The molecule has 0 unspecified atom stereocenters. The molecule has 3 rings (SSSR count). The van der Waals surface area contributed by atoms with Crippen LogP contribution in [0, 0.1) is 0 Å². The van der Waals surface area contributed by atoms with Crippen LogP contribution in [0.25, 0.3) is 0 Å². The third-order valence-electron chi connectivity index (χ3n) is 4.86. The van der Waals surface area contributed by atoms with Crippen LogP contribution in [-0.2, 0) is 14.3 Å². The van der Waals surface area contributed by atoms with E-state index in [1.807, 2.05) is 0 Å². The lowest BCUT2D eigenvalue weighted by Gasteiger charge is -2.22. The Kier molecular flexibility index (Phi) is 6.94. The number of amides is 5. The number of hydrogen-bond acceptors (Lipinski definition) is 6. The molecule has 0 aromatic heterocycles. The maximum Gasteiger partial charge on any atom is 0.326 e. The number of nitrogens with zero attached hydrogens (tertiary/aromatic N) is 1. The Morgan fingerprint density at radius 2 is 1.57 bits per heavy atom. The third kappa shape index (κ3) is 5.09. The molecule has 1 heterocycles. The van der Waals surface area contributed by atoms with E-state index in [1.165, 1.54) is 12.1 Å². The highest BCUT2D eigenvalue weighted by Crippen LogP contribution is 2.31. The van der Waals surface area contributed by atoms with E-state index in [1.54, 1.807) is 0 Å². The number of ether oxygens (including phenoxy) is 1. The highest BCUT2D eigenvalue weighted by molar-refractivity contribution is 6.43. The second kappa shape index (κ2) is 9.44. The first-order valence-corrected chi connectivity index (χ1v) is 10.1.